The molecule has 0 amide bonds. The Labute approximate surface area is 338 Å². The van der Waals surface area contributed by atoms with Gasteiger partial charge in [-0.25, -0.2) is 0 Å². The molecule has 272 valence electrons. The highest BCUT2D eigenvalue weighted by Crippen LogP contribution is 2.46. The van der Waals surface area contributed by atoms with Gasteiger partial charge in [0, 0.05) is 17.1 Å². The van der Waals surface area contributed by atoms with Crippen molar-refractivity contribution in [3.05, 3.63) is 218 Å². The van der Waals surface area contributed by atoms with E-state index in [2.05, 4.69) is 206 Å². The zero-order valence-corrected chi connectivity index (χ0v) is 32.3. The van der Waals surface area contributed by atoms with E-state index in [9.17, 15) is 0 Å². The summed E-state index contributed by atoms with van der Waals surface area (Å²) >= 11 is 0. The standard InChI is InChI=1S/C57H39N/c1-3-4-5-12-37(2)38-29-31-47(32-30-38)58(48-19-8-18-44(34-48)45-27-23-39-13-6-7-14-43(39)33-45)49-35-46-28-26-42-16-10-21-51-50-20-9-15-40-24-25-41-17-11-22-52(56(41)54(40)50)53(36-49)57(46)55(42)51/h3-36H,1H2,2H3/b5-4-,37-12+,51-50?,53-52?. The van der Waals surface area contributed by atoms with Crippen LogP contribution in [0.2, 0.25) is 0 Å². The van der Waals surface area contributed by atoms with Crippen LogP contribution in [-0.4, -0.2) is 0 Å². The summed E-state index contributed by atoms with van der Waals surface area (Å²) in [6.45, 7) is 5.98. The van der Waals surface area contributed by atoms with Gasteiger partial charge in [-0.1, -0.05) is 170 Å². The van der Waals surface area contributed by atoms with Crippen LogP contribution in [0.3, 0.4) is 0 Å². The maximum absolute atomic E-state index is 3.83. The lowest BCUT2D eigenvalue weighted by atomic mass is 9.87. The van der Waals surface area contributed by atoms with Crippen LogP contribution in [0.5, 0.6) is 0 Å². The minimum Gasteiger partial charge on any atom is -0.310 e. The van der Waals surface area contributed by atoms with Crippen LogP contribution in [0.4, 0.5) is 17.1 Å². The summed E-state index contributed by atoms with van der Waals surface area (Å²) in [6.07, 6.45) is 7.95. The van der Waals surface area contributed by atoms with Gasteiger partial charge in [0.05, 0.1) is 0 Å². The molecule has 1 nitrogen and oxygen atoms in total. The van der Waals surface area contributed by atoms with E-state index in [1.54, 1.807) is 6.08 Å². The predicted octanol–water partition coefficient (Wildman–Crippen LogP) is 16.5. The molecule has 0 fully saturated rings. The van der Waals surface area contributed by atoms with Gasteiger partial charge in [-0.05, 0) is 147 Å². The first-order valence-electron chi connectivity index (χ1n) is 20.0. The summed E-state index contributed by atoms with van der Waals surface area (Å²) in [5.41, 5.74) is 8.06. The topological polar surface area (TPSA) is 3.24 Å². The Morgan fingerprint density at radius 2 is 0.948 bits per heavy atom. The number of hydrogen-bond acceptors (Lipinski definition) is 1. The number of anilines is 3. The highest BCUT2D eigenvalue weighted by Gasteiger charge is 2.20. The summed E-state index contributed by atoms with van der Waals surface area (Å²) in [5.74, 6) is 0. The molecular weight excluding hydrogens is 699 g/mol. The van der Waals surface area contributed by atoms with Crippen LogP contribution < -0.4 is 4.90 Å². The molecular formula is C57H39N. The Bertz CT molecular complexity index is 3470. The fourth-order valence-corrected chi connectivity index (χ4v) is 9.29. The molecule has 11 rings (SSSR count). The van der Waals surface area contributed by atoms with Crippen molar-refractivity contribution in [2.24, 2.45) is 0 Å². The molecule has 0 aromatic heterocycles. The quantitative estimate of drug-likeness (QED) is 0.116. The second kappa shape index (κ2) is 13.6. The van der Waals surface area contributed by atoms with E-state index in [1.807, 2.05) is 12.2 Å². The van der Waals surface area contributed by atoms with Crippen molar-refractivity contribution in [2.45, 2.75) is 6.92 Å². The van der Waals surface area contributed by atoms with E-state index in [1.165, 1.54) is 97.7 Å². The van der Waals surface area contributed by atoms with E-state index in [0.29, 0.717) is 0 Å². The molecule has 0 N–H and O–H groups in total. The smallest absolute Gasteiger partial charge is 0.0474 e. The molecule has 0 bridgehead atoms. The van der Waals surface area contributed by atoms with Crippen LogP contribution in [0.25, 0.3) is 92.1 Å². The number of benzene rings is 10. The Balaban J connectivity index is 1.21. The number of hydrogen-bond donors (Lipinski definition) is 0. The van der Waals surface area contributed by atoms with E-state index < -0.39 is 0 Å². The highest BCUT2D eigenvalue weighted by molar-refractivity contribution is 6.37. The Kier molecular flexibility index (Phi) is 7.94. The fraction of sp³-hybridized carbons (Fsp3) is 0.0175. The molecule has 1 heteroatoms. The van der Waals surface area contributed by atoms with E-state index in [-0.39, 0.29) is 0 Å². The van der Waals surface area contributed by atoms with Crippen LogP contribution in [0.1, 0.15) is 12.5 Å². The van der Waals surface area contributed by atoms with Crippen molar-refractivity contribution >= 4 is 98.0 Å². The molecule has 0 aliphatic heterocycles. The van der Waals surface area contributed by atoms with Gasteiger partial charge in [0.2, 0.25) is 0 Å². The minimum absolute atomic E-state index is 1.10. The summed E-state index contributed by atoms with van der Waals surface area (Å²) in [4.78, 5) is 2.43. The fourth-order valence-electron chi connectivity index (χ4n) is 9.29. The third kappa shape index (κ3) is 5.47. The molecule has 11 aromatic rings. The summed E-state index contributed by atoms with van der Waals surface area (Å²) in [6, 6.07) is 67.8. The van der Waals surface area contributed by atoms with Gasteiger partial charge in [-0.3, -0.25) is 0 Å². The van der Waals surface area contributed by atoms with Crippen molar-refractivity contribution in [3.8, 4) is 11.1 Å². The second-order valence-electron chi connectivity index (χ2n) is 15.4. The first-order valence-corrected chi connectivity index (χ1v) is 20.0. The van der Waals surface area contributed by atoms with Crippen LogP contribution in [0, 0.1) is 0 Å². The molecule has 58 heavy (non-hydrogen) atoms. The van der Waals surface area contributed by atoms with E-state index in [0.717, 1.165) is 17.1 Å². The average molecular weight is 738 g/mol. The monoisotopic (exact) mass is 737 g/mol. The molecule has 0 spiro atoms. The minimum atomic E-state index is 1.10. The van der Waals surface area contributed by atoms with Gasteiger partial charge in [-0.2, -0.15) is 0 Å². The molecule has 0 atom stereocenters. The Morgan fingerprint density at radius 3 is 1.62 bits per heavy atom. The van der Waals surface area contributed by atoms with Crippen molar-refractivity contribution in [3.63, 3.8) is 0 Å². The molecule has 0 saturated heterocycles. The maximum atomic E-state index is 3.83. The summed E-state index contributed by atoms with van der Waals surface area (Å²) in [7, 11) is 0. The molecule has 0 radical (unpaired) electrons. The molecule has 0 aliphatic carbocycles. The highest BCUT2D eigenvalue weighted by atomic mass is 15.1. The van der Waals surface area contributed by atoms with Crippen LogP contribution in [0.15, 0.2) is 213 Å². The van der Waals surface area contributed by atoms with Gasteiger partial charge in [0.1, 0.15) is 0 Å². The number of allylic oxidation sites excluding steroid dienone is 5. The summed E-state index contributed by atoms with van der Waals surface area (Å²) < 4.78 is 0. The van der Waals surface area contributed by atoms with Crippen LogP contribution in [-0.2, 0) is 0 Å². The van der Waals surface area contributed by atoms with Gasteiger partial charge < -0.3 is 4.90 Å². The normalized spacial score (nSPS) is 12.3. The lowest BCUT2D eigenvalue weighted by Gasteiger charge is -2.27. The van der Waals surface area contributed by atoms with E-state index in [4.69, 9.17) is 0 Å². The lowest BCUT2D eigenvalue weighted by molar-refractivity contribution is 1.29. The number of nitrogens with zero attached hydrogens (tertiary/aromatic N) is 1. The SMILES string of the molecule is C=C/C=C\C=C(/C)c1ccc(N(c2cccc(-c3ccc4ccccc4c3)c2)c2cc3ccc4cccc5c6cccc7ccc8cccc(c(c2)c3c45)c8c76)cc1. The third-order valence-electron chi connectivity index (χ3n) is 12.0. The molecule has 0 heterocycles. The van der Waals surface area contributed by atoms with Gasteiger partial charge >= 0.3 is 0 Å². The summed E-state index contributed by atoms with van der Waals surface area (Å²) in [5, 5.41) is 17.8. The first-order chi connectivity index (χ1) is 28.6. The van der Waals surface area contributed by atoms with Crippen molar-refractivity contribution < 1.29 is 0 Å². The van der Waals surface area contributed by atoms with Gasteiger partial charge in [-0.15, -0.1) is 0 Å². The number of fused-ring (bicyclic) bond motifs is 3. The Hall–Kier alpha value is -7.48. The largest absolute Gasteiger partial charge is 0.310 e. The molecule has 0 aliphatic rings. The second-order valence-corrected chi connectivity index (χ2v) is 15.4. The van der Waals surface area contributed by atoms with Gasteiger partial charge in [0.25, 0.3) is 0 Å². The number of rotatable bonds is 7. The third-order valence-corrected chi connectivity index (χ3v) is 12.0. The van der Waals surface area contributed by atoms with E-state index >= 15 is 0 Å². The zero-order valence-electron chi connectivity index (χ0n) is 32.3. The van der Waals surface area contributed by atoms with Gasteiger partial charge in [0.15, 0.2) is 0 Å². The van der Waals surface area contributed by atoms with Crippen molar-refractivity contribution in [2.75, 3.05) is 4.90 Å². The first kappa shape index (κ1) is 33.8. The molecule has 0 unspecified atom stereocenters. The van der Waals surface area contributed by atoms with Crippen LogP contribution >= 0.6 is 0 Å². The zero-order chi connectivity index (χ0) is 38.7. The molecule has 11 aromatic carbocycles. The Morgan fingerprint density at radius 1 is 0.397 bits per heavy atom. The molecule has 0 saturated carbocycles. The average Bonchev–Trinajstić information content (AvgIpc) is 3.27. The maximum Gasteiger partial charge on any atom is 0.0474 e. The lowest BCUT2D eigenvalue weighted by Crippen LogP contribution is -2.10. The van der Waals surface area contributed by atoms with Crippen molar-refractivity contribution in [1.82, 2.24) is 0 Å². The predicted molar refractivity (Wildman–Crippen MR) is 253 cm³/mol. The van der Waals surface area contributed by atoms with Crippen molar-refractivity contribution in [1.29, 1.82) is 0 Å².